The Morgan fingerprint density at radius 2 is 1.96 bits per heavy atom. The first kappa shape index (κ1) is 17.1. The van der Waals surface area contributed by atoms with E-state index in [0.29, 0.717) is 27.5 Å². The smallest absolute Gasteiger partial charge is 0.291 e. The number of anilines is 2. The second-order valence-corrected chi connectivity index (χ2v) is 6.47. The van der Waals surface area contributed by atoms with Gasteiger partial charge in [-0.3, -0.25) is 14.4 Å². The molecule has 7 nitrogen and oxygen atoms in total. The molecule has 8 heteroatoms. The summed E-state index contributed by atoms with van der Waals surface area (Å²) in [4.78, 5) is 36.4. The Labute approximate surface area is 157 Å². The first-order valence-corrected chi connectivity index (χ1v) is 8.45. The van der Waals surface area contributed by atoms with Gasteiger partial charge in [0.15, 0.2) is 17.3 Å². The summed E-state index contributed by atoms with van der Waals surface area (Å²) in [5.41, 5.74) is 0.752. The Kier molecular flexibility index (Phi) is 4.08. The second kappa shape index (κ2) is 6.44. The van der Waals surface area contributed by atoms with Crippen LogP contribution in [0.15, 0.2) is 51.7 Å². The lowest BCUT2D eigenvalue weighted by molar-refractivity contribution is -0.122. The molecule has 136 valence electrons. The maximum absolute atomic E-state index is 12.5. The number of hydrogen-bond donors (Lipinski definition) is 2. The van der Waals surface area contributed by atoms with E-state index in [-0.39, 0.29) is 22.7 Å². The highest BCUT2D eigenvalue weighted by atomic mass is 35.5. The van der Waals surface area contributed by atoms with Gasteiger partial charge in [0.25, 0.3) is 11.8 Å². The molecule has 1 aliphatic heterocycles. The van der Waals surface area contributed by atoms with E-state index in [1.165, 1.54) is 12.1 Å². The number of benzene rings is 2. The molecule has 0 spiro atoms. The van der Waals surface area contributed by atoms with E-state index >= 15 is 0 Å². The van der Waals surface area contributed by atoms with Gasteiger partial charge in [0, 0.05) is 16.8 Å². The molecule has 1 aromatic heterocycles. The first-order chi connectivity index (χ1) is 12.9. The Balaban J connectivity index is 1.62. The topological polar surface area (TPSA) is 97.6 Å². The van der Waals surface area contributed by atoms with Crippen molar-refractivity contribution in [3.63, 3.8) is 0 Å². The number of halogens is 1. The molecule has 2 N–H and O–H groups in total. The number of carbonyl (C=O) groups is 2. The van der Waals surface area contributed by atoms with Crippen molar-refractivity contribution in [1.82, 2.24) is 0 Å². The molecule has 0 aliphatic carbocycles. The van der Waals surface area contributed by atoms with Crippen molar-refractivity contribution >= 4 is 45.8 Å². The number of hydrogen-bond acceptors (Lipinski definition) is 5. The minimum absolute atomic E-state index is 0.138. The van der Waals surface area contributed by atoms with Gasteiger partial charge in [-0.2, -0.15) is 0 Å². The summed E-state index contributed by atoms with van der Waals surface area (Å²) in [5, 5.41) is 6.03. The Hall–Kier alpha value is -3.32. The fraction of sp³-hybridized carbons (Fsp3) is 0.105. The lowest BCUT2D eigenvalue weighted by Crippen LogP contribution is -2.34. The highest BCUT2D eigenvalue weighted by Gasteiger charge is 2.24. The van der Waals surface area contributed by atoms with Crippen molar-refractivity contribution in [2.75, 3.05) is 10.6 Å². The standard InChI is InChI=1S/C19H13ClN2O5/c1-9-18(24)22-13-7-11(3-5-16(13)26-9)21-19(25)17-8-14(23)12-6-10(20)2-4-15(12)27-17/h2-9H,1H3,(H,21,25)(H,22,24). The number of ether oxygens (including phenoxy) is 1. The summed E-state index contributed by atoms with van der Waals surface area (Å²) in [7, 11) is 0. The van der Waals surface area contributed by atoms with Crippen LogP contribution in [0.5, 0.6) is 5.75 Å². The van der Waals surface area contributed by atoms with E-state index in [0.717, 1.165) is 6.07 Å². The zero-order chi connectivity index (χ0) is 19.1. The minimum atomic E-state index is -0.597. The van der Waals surface area contributed by atoms with Crippen LogP contribution in [0, 0.1) is 0 Å². The van der Waals surface area contributed by atoms with Crippen molar-refractivity contribution in [2.45, 2.75) is 13.0 Å². The van der Waals surface area contributed by atoms with Gasteiger partial charge in [-0.05, 0) is 43.3 Å². The van der Waals surface area contributed by atoms with Crippen LogP contribution >= 0.6 is 11.6 Å². The van der Waals surface area contributed by atoms with Crippen LogP contribution in [-0.4, -0.2) is 17.9 Å². The molecule has 0 saturated heterocycles. The SMILES string of the molecule is CC1Oc2ccc(NC(=O)c3cc(=O)c4cc(Cl)ccc4o3)cc2NC1=O. The number of carbonyl (C=O) groups excluding carboxylic acids is 2. The molecule has 2 amide bonds. The molecular weight excluding hydrogens is 372 g/mol. The van der Waals surface area contributed by atoms with Crippen LogP contribution in [0.3, 0.4) is 0 Å². The summed E-state index contributed by atoms with van der Waals surface area (Å²) in [6.07, 6.45) is -0.585. The van der Waals surface area contributed by atoms with E-state index in [1.54, 1.807) is 31.2 Å². The molecule has 0 bridgehead atoms. The summed E-state index contributed by atoms with van der Waals surface area (Å²) in [6, 6.07) is 10.5. The first-order valence-electron chi connectivity index (χ1n) is 8.07. The number of amides is 2. The Morgan fingerprint density at radius 3 is 2.78 bits per heavy atom. The molecule has 2 aromatic carbocycles. The van der Waals surface area contributed by atoms with Crippen molar-refractivity contribution in [2.24, 2.45) is 0 Å². The van der Waals surface area contributed by atoms with Crippen LogP contribution in [0.4, 0.5) is 11.4 Å². The van der Waals surface area contributed by atoms with E-state index in [4.69, 9.17) is 20.8 Å². The van der Waals surface area contributed by atoms with Gasteiger partial charge in [0.05, 0.1) is 11.1 Å². The molecule has 1 unspecified atom stereocenters. The van der Waals surface area contributed by atoms with Gasteiger partial charge in [0.1, 0.15) is 11.3 Å². The van der Waals surface area contributed by atoms with Crippen LogP contribution in [0.1, 0.15) is 17.5 Å². The predicted molar refractivity (Wildman–Crippen MR) is 101 cm³/mol. The number of rotatable bonds is 2. The summed E-state index contributed by atoms with van der Waals surface area (Å²) in [6.45, 7) is 1.64. The van der Waals surface area contributed by atoms with E-state index in [1.807, 2.05) is 0 Å². The summed E-state index contributed by atoms with van der Waals surface area (Å²) in [5.74, 6) is -0.499. The van der Waals surface area contributed by atoms with Gasteiger partial charge in [-0.1, -0.05) is 11.6 Å². The molecule has 27 heavy (non-hydrogen) atoms. The van der Waals surface area contributed by atoms with E-state index < -0.39 is 12.0 Å². The molecule has 4 rings (SSSR count). The molecule has 1 aliphatic rings. The van der Waals surface area contributed by atoms with Crippen molar-refractivity contribution in [1.29, 1.82) is 0 Å². The monoisotopic (exact) mass is 384 g/mol. The molecule has 1 atom stereocenters. The van der Waals surface area contributed by atoms with Crippen LogP contribution in [0.2, 0.25) is 5.02 Å². The third kappa shape index (κ3) is 3.24. The maximum Gasteiger partial charge on any atom is 0.291 e. The lowest BCUT2D eigenvalue weighted by Gasteiger charge is -2.23. The highest BCUT2D eigenvalue weighted by Crippen LogP contribution is 2.32. The third-order valence-corrected chi connectivity index (χ3v) is 4.32. The highest BCUT2D eigenvalue weighted by molar-refractivity contribution is 6.31. The Morgan fingerprint density at radius 1 is 1.15 bits per heavy atom. The summed E-state index contributed by atoms with van der Waals surface area (Å²) < 4.78 is 11.0. The fourth-order valence-electron chi connectivity index (χ4n) is 2.72. The van der Waals surface area contributed by atoms with Crippen molar-refractivity contribution in [3.05, 3.63) is 63.5 Å². The van der Waals surface area contributed by atoms with Crippen LogP contribution in [0.25, 0.3) is 11.0 Å². The normalized spacial score (nSPS) is 15.6. The molecular formula is C19H13ClN2O5. The van der Waals surface area contributed by atoms with Gasteiger partial charge < -0.3 is 19.8 Å². The molecule has 0 radical (unpaired) electrons. The minimum Gasteiger partial charge on any atom is -0.479 e. The number of nitrogens with one attached hydrogen (secondary N) is 2. The number of fused-ring (bicyclic) bond motifs is 2. The van der Waals surface area contributed by atoms with Crippen molar-refractivity contribution < 1.29 is 18.7 Å². The van der Waals surface area contributed by atoms with E-state index in [2.05, 4.69) is 10.6 Å². The zero-order valence-electron chi connectivity index (χ0n) is 14.0. The third-order valence-electron chi connectivity index (χ3n) is 4.08. The van der Waals surface area contributed by atoms with Crippen LogP contribution < -0.4 is 20.8 Å². The lowest BCUT2D eigenvalue weighted by atomic mass is 10.2. The van der Waals surface area contributed by atoms with Crippen LogP contribution in [-0.2, 0) is 4.79 Å². The predicted octanol–water partition coefficient (Wildman–Crippen LogP) is 3.42. The average Bonchev–Trinajstić information content (AvgIpc) is 2.63. The van der Waals surface area contributed by atoms with Crippen molar-refractivity contribution in [3.8, 4) is 5.75 Å². The van der Waals surface area contributed by atoms with Gasteiger partial charge in [-0.25, -0.2) is 0 Å². The Bertz CT molecular complexity index is 1150. The molecule has 2 heterocycles. The van der Waals surface area contributed by atoms with E-state index in [9.17, 15) is 14.4 Å². The quantitative estimate of drug-likeness (QED) is 0.705. The second-order valence-electron chi connectivity index (χ2n) is 6.03. The van der Waals surface area contributed by atoms with Gasteiger partial charge >= 0.3 is 0 Å². The largest absolute Gasteiger partial charge is 0.479 e. The average molecular weight is 385 g/mol. The molecule has 0 saturated carbocycles. The molecule has 0 fully saturated rings. The van der Waals surface area contributed by atoms with Gasteiger partial charge in [0.2, 0.25) is 0 Å². The molecule has 3 aromatic rings. The summed E-state index contributed by atoms with van der Waals surface area (Å²) >= 11 is 5.88. The fourth-order valence-corrected chi connectivity index (χ4v) is 2.89. The van der Waals surface area contributed by atoms with Gasteiger partial charge in [-0.15, -0.1) is 0 Å². The zero-order valence-corrected chi connectivity index (χ0v) is 14.8. The maximum atomic E-state index is 12.5.